The van der Waals surface area contributed by atoms with E-state index in [1.807, 2.05) is 0 Å². The minimum atomic E-state index is -4.44. The smallest absolute Gasteiger partial charge is 0.422 e. The number of carbonyl (C=O) groups excluding carboxylic acids is 2. The summed E-state index contributed by atoms with van der Waals surface area (Å²) in [4.78, 5) is 29.2. The number of nitrogens with one attached hydrogen (secondary N) is 2. The van der Waals surface area contributed by atoms with Crippen molar-refractivity contribution in [1.29, 1.82) is 0 Å². The van der Waals surface area contributed by atoms with Gasteiger partial charge in [-0.25, -0.2) is 4.98 Å². The first-order chi connectivity index (χ1) is 15.7. The van der Waals surface area contributed by atoms with Gasteiger partial charge in [-0.2, -0.15) is 13.2 Å². The third-order valence-corrected chi connectivity index (χ3v) is 5.41. The standard InChI is InChI=1S/C22H16F3N3O4S/c1-12-4-5-13(9-16(12)26-20(30)17-3-2-8-31-17)19(29)28-21-27-15-7-6-14(10-18(15)33-21)32-11-22(23,24)25/h2-10H,11H2,1H3,(H,26,30)(H,27,28,29). The van der Waals surface area contributed by atoms with Crippen molar-refractivity contribution < 1.29 is 31.9 Å². The Kier molecular flexibility index (Phi) is 6.05. The Morgan fingerprint density at radius 3 is 2.64 bits per heavy atom. The number of furan rings is 1. The normalized spacial score (nSPS) is 11.4. The zero-order chi connectivity index (χ0) is 23.6. The van der Waals surface area contributed by atoms with Crippen LogP contribution < -0.4 is 15.4 Å². The Labute approximate surface area is 189 Å². The lowest BCUT2D eigenvalue weighted by Gasteiger charge is -2.09. The number of amides is 2. The number of fused-ring (bicyclic) bond motifs is 1. The van der Waals surface area contributed by atoms with E-state index in [1.54, 1.807) is 25.1 Å². The molecule has 33 heavy (non-hydrogen) atoms. The van der Waals surface area contributed by atoms with Gasteiger partial charge in [0.05, 0.1) is 16.5 Å². The van der Waals surface area contributed by atoms with Crippen molar-refractivity contribution in [2.24, 2.45) is 0 Å². The third-order valence-electron chi connectivity index (χ3n) is 4.48. The molecule has 2 heterocycles. The van der Waals surface area contributed by atoms with Crippen LogP contribution in [-0.4, -0.2) is 29.6 Å². The highest BCUT2D eigenvalue weighted by Crippen LogP contribution is 2.30. The van der Waals surface area contributed by atoms with Gasteiger partial charge in [-0.3, -0.25) is 14.9 Å². The van der Waals surface area contributed by atoms with Gasteiger partial charge in [-0.05, 0) is 55.0 Å². The molecule has 170 valence electrons. The van der Waals surface area contributed by atoms with Crippen LogP contribution in [0.2, 0.25) is 0 Å². The van der Waals surface area contributed by atoms with Crippen molar-refractivity contribution in [3.8, 4) is 5.75 Å². The molecular formula is C22H16F3N3O4S. The predicted molar refractivity (Wildman–Crippen MR) is 117 cm³/mol. The van der Waals surface area contributed by atoms with Crippen LogP contribution in [0.3, 0.4) is 0 Å². The van der Waals surface area contributed by atoms with E-state index in [1.165, 1.54) is 36.6 Å². The van der Waals surface area contributed by atoms with Crippen LogP contribution in [0.4, 0.5) is 24.0 Å². The van der Waals surface area contributed by atoms with Gasteiger partial charge in [0, 0.05) is 11.3 Å². The van der Waals surface area contributed by atoms with E-state index in [0.29, 0.717) is 15.9 Å². The second-order valence-corrected chi connectivity index (χ2v) is 8.00. The Bertz CT molecular complexity index is 1320. The number of hydrogen-bond acceptors (Lipinski definition) is 6. The number of anilines is 2. The molecule has 0 fully saturated rings. The fourth-order valence-corrected chi connectivity index (χ4v) is 3.76. The largest absolute Gasteiger partial charge is 0.484 e. The molecule has 4 aromatic rings. The second-order valence-electron chi connectivity index (χ2n) is 6.97. The van der Waals surface area contributed by atoms with E-state index in [4.69, 9.17) is 9.15 Å². The van der Waals surface area contributed by atoms with Crippen LogP contribution >= 0.6 is 11.3 Å². The lowest BCUT2D eigenvalue weighted by molar-refractivity contribution is -0.153. The highest BCUT2D eigenvalue weighted by Gasteiger charge is 2.28. The zero-order valence-corrected chi connectivity index (χ0v) is 17.8. The number of ether oxygens (including phenoxy) is 1. The molecular weight excluding hydrogens is 459 g/mol. The van der Waals surface area contributed by atoms with Crippen molar-refractivity contribution in [3.05, 3.63) is 71.7 Å². The van der Waals surface area contributed by atoms with Gasteiger partial charge in [-0.15, -0.1) is 0 Å². The second kappa shape index (κ2) is 8.94. The van der Waals surface area contributed by atoms with Gasteiger partial charge in [0.2, 0.25) is 0 Å². The van der Waals surface area contributed by atoms with Crippen molar-refractivity contribution in [3.63, 3.8) is 0 Å². The number of rotatable bonds is 6. The first kappa shape index (κ1) is 22.3. The summed E-state index contributed by atoms with van der Waals surface area (Å²) < 4.78 is 47.4. The Balaban J connectivity index is 1.48. The minimum Gasteiger partial charge on any atom is -0.484 e. The highest BCUT2D eigenvalue weighted by atomic mass is 32.1. The summed E-state index contributed by atoms with van der Waals surface area (Å²) in [5.74, 6) is -0.722. The molecule has 0 atom stereocenters. The maximum absolute atomic E-state index is 12.7. The summed E-state index contributed by atoms with van der Waals surface area (Å²) in [5.41, 5.74) is 1.98. The average molecular weight is 475 g/mol. The van der Waals surface area contributed by atoms with Crippen LogP contribution in [0.15, 0.2) is 59.2 Å². The highest BCUT2D eigenvalue weighted by molar-refractivity contribution is 7.22. The predicted octanol–water partition coefficient (Wildman–Crippen LogP) is 5.64. The molecule has 0 spiro atoms. The van der Waals surface area contributed by atoms with E-state index in [9.17, 15) is 22.8 Å². The summed E-state index contributed by atoms with van der Waals surface area (Å²) in [6.07, 6.45) is -3.05. The van der Waals surface area contributed by atoms with Gasteiger partial charge in [0.1, 0.15) is 5.75 Å². The summed E-state index contributed by atoms with van der Waals surface area (Å²) >= 11 is 1.10. The molecule has 0 aliphatic rings. The number of alkyl halides is 3. The van der Waals surface area contributed by atoms with Crippen molar-refractivity contribution >= 4 is 44.2 Å². The van der Waals surface area contributed by atoms with E-state index in [-0.39, 0.29) is 22.2 Å². The molecule has 2 aromatic carbocycles. The molecule has 4 rings (SSSR count). The molecule has 0 saturated heterocycles. The number of halogens is 3. The van der Waals surface area contributed by atoms with Gasteiger partial charge >= 0.3 is 6.18 Å². The fraction of sp³-hybridized carbons (Fsp3) is 0.136. The first-order valence-electron chi connectivity index (χ1n) is 9.55. The Hall–Kier alpha value is -3.86. The minimum absolute atomic E-state index is 0.0526. The molecule has 2 N–H and O–H groups in total. The van der Waals surface area contributed by atoms with Crippen molar-refractivity contribution in [2.75, 3.05) is 17.2 Å². The molecule has 11 heteroatoms. The van der Waals surface area contributed by atoms with Crippen LogP contribution in [0.1, 0.15) is 26.5 Å². The van der Waals surface area contributed by atoms with E-state index in [0.717, 1.165) is 16.9 Å². The quantitative estimate of drug-likeness (QED) is 0.376. The molecule has 0 radical (unpaired) electrons. The Morgan fingerprint density at radius 2 is 1.91 bits per heavy atom. The molecule has 0 unspecified atom stereocenters. The molecule has 2 aromatic heterocycles. The molecule has 0 aliphatic carbocycles. The maximum atomic E-state index is 12.7. The van der Waals surface area contributed by atoms with Gasteiger partial charge < -0.3 is 14.5 Å². The summed E-state index contributed by atoms with van der Waals surface area (Å²) in [7, 11) is 0. The lowest BCUT2D eigenvalue weighted by atomic mass is 10.1. The van der Waals surface area contributed by atoms with E-state index >= 15 is 0 Å². The number of aryl methyl sites for hydroxylation is 1. The molecule has 2 amide bonds. The van der Waals surface area contributed by atoms with Crippen LogP contribution in [0.25, 0.3) is 10.2 Å². The van der Waals surface area contributed by atoms with Gasteiger partial charge in [0.15, 0.2) is 17.5 Å². The van der Waals surface area contributed by atoms with Gasteiger partial charge in [-0.1, -0.05) is 17.4 Å². The monoisotopic (exact) mass is 475 g/mol. The molecule has 0 saturated carbocycles. The first-order valence-corrected chi connectivity index (χ1v) is 10.4. The van der Waals surface area contributed by atoms with Crippen LogP contribution in [0, 0.1) is 6.92 Å². The number of carbonyl (C=O) groups is 2. The van der Waals surface area contributed by atoms with Crippen LogP contribution in [0.5, 0.6) is 5.75 Å². The number of aromatic nitrogens is 1. The molecule has 0 bridgehead atoms. The summed E-state index contributed by atoms with van der Waals surface area (Å²) in [6.45, 7) is 0.387. The summed E-state index contributed by atoms with van der Waals surface area (Å²) in [6, 6.07) is 12.3. The van der Waals surface area contributed by atoms with Crippen LogP contribution in [-0.2, 0) is 0 Å². The maximum Gasteiger partial charge on any atom is 0.422 e. The third kappa shape index (κ3) is 5.50. The SMILES string of the molecule is Cc1ccc(C(=O)Nc2nc3ccc(OCC(F)(F)F)cc3s2)cc1NC(=O)c1ccco1. The van der Waals surface area contributed by atoms with Crippen molar-refractivity contribution in [2.45, 2.75) is 13.1 Å². The molecule has 0 aliphatic heterocycles. The van der Waals surface area contributed by atoms with E-state index in [2.05, 4.69) is 15.6 Å². The number of thiazole rings is 1. The Morgan fingerprint density at radius 1 is 1.09 bits per heavy atom. The summed E-state index contributed by atoms with van der Waals surface area (Å²) in [5, 5.41) is 5.64. The zero-order valence-electron chi connectivity index (χ0n) is 17.0. The van der Waals surface area contributed by atoms with Gasteiger partial charge in [0.25, 0.3) is 11.8 Å². The van der Waals surface area contributed by atoms with Crippen molar-refractivity contribution in [1.82, 2.24) is 4.98 Å². The number of nitrogens with zero attached hydrogens (tertiary/aromatic N) is 1. The lowest BCUT2D eigenvalue weighted by Crippen LogP contribution is -2.19. The average Bonchev–Trinajstić information content (AvgIpc) is 3.42. The topological polar surface area (TPSA) is 93.5 Å². The molecule has 7 nitrogen and oxygen atoms in total. The number of benzene rings is 2. The number of hydrogen-bond donors (Lipinski definition) is 2. The fourth-order valence-electron chi connectivity index (χ4n) is 2.87. The van der Waals surface area contributed by atoms with E-state index < -0.39 is 24.6 Å².